The molecule has 8 heteroatoms. The summed E-state index contributed by atoms with van der Waals surface area (Å²) in [5.74, 6) is 2.29. The van der Waals surface area contributed by atoms with Gasteiger partial charge >= 0.3 is 0 Å². The molecule has 3 rings (SSSR count). The van der Waals surface area contributed by atoms with Crippen LogP contribution < -0.4 is 20.1 Å². The highest BCUT2D eigenvalue weighted by atomic mass is 16.5. The van der Waals surface area contributed by atoms with Crippen LogP contribution in [0, 0.1) is 18.3 Å². The number of anilines is 2. The Morgan fingerprint density at radius 1 is 0.730 bits per heavy atom. The minimum Gasteiger partial charge on any atom is -0.491 e. The van der Waals surface area contributed by atoms with E-state index in [-0.39, 0.29) is 0 Å². The summed E-state index contributed by atoms with van der Waals surface area (Å²) in [5, 5.41) is 16.3. The molecule has 2 N–H and O–H groups in total. The van der Waals surface area contributed by atoms with Crippen LogP contribution in [0.2, 0.25) is 0 Å². The fourth-order valence-electron chi connectivity index (χ4n) is 3.50. The van der Waals surface area contributed by atoms with E-state index < -0.39 is 0 Å². The molecular weight excluding hydrogens is 468 g/mol. The molecule has 0 fully saturated rings. The number of pyridine rings is 1. The average molecular weight is 505 g/mol. The molecule has 0 unspecified atom stereocenters. The Hall–Kier alpha value is -3.80. The van der Waals surface area contributed by atoms with Crippen LogP contribution in [0.25, 0.3) is 0 Å². The van der Waals surface area contributed by atoms with Crippen molar-refractivity contribution in [1.29, 1.82) is 5.26 Å². The van der Waals surface area contributed by atoms with E-state index >= 15 is 0 Å². The molecule has 1 aromatic heterocycles. The predicted molar refractivity (Wildman–Crippen MR) is 145 cm³/mol. The summed E-state index contributed by atoms with van der Waals surface area (Å²) in [6.07, 6.45) is 3.40. The summed E-state index contributed by atoms with van der Waals surface area (Å²) >= 11 is 0. The lowest BCUT2D eigenvalue weighted by Crippen LogP contribution is -2.13. The Kier molecular flexibility index (Phi) is 12.6. The van der Waals surface area contributed by atoms with Crippen LogP contribution in [0.3, 0.4) is 0 Å². The molecular formula is C29H36N4O4. The zero-order valence-electron chi connectivity index (χ0n) is 21.4. The first-order valence-electron chi connectivity index (χ1n) is 12.7. The first kappa shape index (κ1) is 27.8. The number of ether oxygens (including phenoxy) is 4. The summed E-state index contributed by atoms with van der Waals surface area (Å²) in [7, 11) is 0. The van der Waals surface area contributed by atoms with Gasteiger partial charge in [-0.1, -0.05) is 36.4 Å². The lowest BCUT2D eigenvalue weighted by atomic mass is 10.1. The van der Waals surface area contributed by atoms with Crippen molar-refractivity contribution in [1.82, 2.24) is 4.98 Å². The van der Waals surface area contributed by atoms with Gasteiger partial charge in [-0.3, -0.25) is 0 Å². The molecule has 0 saturated carbocycles. The molecule has 0 saturated heterocycles. The highest BCUT2D eigenvalue weighted by Crippen LogP contribution is 2.23. The van der Waals surface area contributed by atoms with Gasteiger partial charge in [0.25, 0.3) is 0 Å². The van der Waals surface area contributed by atoms with E-state index in [1.54, 1.807) is 6.20 Å². The number of nitriles is 1. The highest BCUT2D eigenvalue weighted by molar-refractivity contribution is 5.65. The van der Waals surface area contributed by atoms with Crippen molar-refractivity contribution < 1.29 is 18.9 Å². The summed E-state index contributed by atoms with van der Waals surface area (Å²) in [6, 6.07) is 21.7. The summed E-state index contributed by atoms with van der Waals surface area (Å²) in [4.78, 5) is 4.45. The van der Waals surface area contributed by atoms with Gasteiger partial charge < -0.3 is 29.6 Å². The normalized spacial score (nSPS) is 10.5. The van der Waals surface area contributed by atoms with Gasteiger partial charge in [-0.05, 0) is 49.6 Å². The summed E-state index contributed by atoms with van der Waals surface area (Å²) < 4.78 is 22.5. The standard InChI is InChI=1S/C29H36N4O4/c1-24-27(22-30)29(32-15-9-17-35-19-21-37-26-12-6-3-7-13-26)33-23-28(24)31-14-8-16-34-18-20-36-25-10-4-2-5-11-25/h2-7,10-13,23,31H,8-9,14-21H2,1H3,(H,32,33). The Balaban J connectivity index is 1.26. The number of hydrogen-bond donors (Lipinski definition) is 2. The van der Waals surface area contributed by atoms with E-state index in [4.69, 9.17) is 18.9 Å². The number of hydrogen-bond acceptors (Lipinski definition) is 8. The monoisotopic (exact) mass is 504 g/mol. The summed E-state index contributed by atoms with van der Waals surface area (Å²) in [6.45, 7) is 6.67. The molecule has 37 heavy (non-hydrogen) atoms. The highest BCUT2D eigenvalue weighted by Gasteiger charge is 2.11. The van der Waals surface area contributed by atoms with Gasteiger partial charge in [0.2, 0.25) is 0 Å². The molecule has 0 aliphatic carbocycles. The molecule has 2 aromatic carbocycles. The SMILES string of the molecule is Cc1c(NCCCOCCOc2ccccc2)cnc(NCCCOCCOc2ccccc2)c1C#N. The van der Waals surface area contributed by atoms with Crippen molar-refractivity contribution in [2.45, 2.75) is 19.8 Å². The first-order chi connectivity index (χ1) is 18.3. The van der Waals surface area contributed by atoms with Crippen LogP contribution in [-0.4, -0.2) is 57.7 Å². The largest absolute Gasteiger partial charge is 0.491 e. The number of aromatic nitrogens is 1. The van der Waals surface area contributed by atoms with E-state index in [1.807, 2.05) is 67.6 Å². The maximum absolute atomic E-state index is 9.66. The van der Waals surface area contributed by atoms with Crippen LogP contribution in [0.15, 0.2) is 66.9 Å². The summed E-state index contributed by atoms with van der Waals surface area (Å²) in [5.41, 5.74) is 2.29. The number of benzene rings is 2. The van der Waals surface area contributed by atoms with Gasteiger partial charge in [-0.2, -0.15) is 5.26 Å². The van der Waals surface area contributed by atoms with Crippen molar-refractivity contribution in [3.05, 3.63) is 78.0 Å². The third kappa shape index (κ3) is 10.4. The van der Waals surface area contributed by atoms with Crippen molar-refractivity contribution in [3.63, 3.8) is 0 Å². The number of rotatable bonds is 18. The topological polar surface area (TPSA) is 97.7 Å². The number of para-hydroxylation sites is 2. The Bertz CT molecular complexity index is 1070. The fourth-order valence-corrected chi connectivity index (χ4v) is 3.50. The van der Waals surface area contributed by atoms with Crippen molar-refractivity contribution in [3.8, 4) is 17.6 Å². The smallest absolute Gasteiger partial charge is 0.144 e. The van der Waals surface area contributed by atoms with E-state index in [0.717, 1.165) is 42.1 Å². The van der Waals surface area contributed by atoms with Crippen LogP contribution in [0.5, 0.6) is 11.5 Å². The molecule has 0 radical (unpaired) electrons. The van der Waals surface area contributed by atoms with Crippen molar-refractivity contribution in [2.75, 3.05) is 63.4 Å². The van der Waals surface area contributed by atoms with Crippen molar-refractivity contribution in [2.24, 2.45) is 0 Å². The van der Waals surface area contributed by atoms with Gasteiger partial charge in [0, 0.05) is 26.3 Å². The zero-order valence-corrected chi connectivity index (χ0v) is 21.4. The third-order valence-corrected chi connectivity index (χ3v) is 5.47. The second kappa shape index (κ2) is 16.8. The Morgan fingerprint density at radius 3 is 1.81 bits per heavy atom. The van der Waals surface area contributed by atoms with Gasteiger partial charge in [0.05, 0.1) is 30.7 Å². The second-order valence-electron chi connectivity index (χ2n) is 8.24. The first-order valence-corrected chi connectivity index (χ1v) is 12.7. The van der Waals surface area contributed by atoms with Gasteiger partial charge in [-0.25, -0.2) is 4.98 Å². The fraction of sp³-hybridized carbons (Fsp3) is 0.379. The minimum atomic E-state index is 0.514. The predicted octanol–water partition coefficient (Wildman–Crippen LogP) is 5.06. The van der Waals surface area contributed by atoms with E-state index in [9.17, 15) is 5.26 Å². The molecule has 0 atom stereocenters. The lowest BCUT2D eigenvalue weighted by Gasteiger charge is -2.14. The van der Waals surface area contributed by atoms with E-state index in [2.05, 4.69) is 21.7 Å². The molecule has 8 nitrogen and oxygen atoms in total. The van der Waals surface area contributed by atoms with Gasteiger partial charge in [-0.15, -0.1) is 0 Å². The van der Waals surface area contributed by atoms with Crippen LogP contribution in [-0.2, 0) is 9.47 Å². The Labute approximate surface area is 219 Å². The molecule has 0 aliphatic heterocycles. The van der Waals surface area contributed by atoms with Gasteiger partial charge in [0.1, 0.15) is 36.6 Å². The maximum atomic E-state index is 9.66. The van der Waals surface area contributed by atoms with Crippen molar-refractivity contribution >= 4 is 11.5 Å². The molecule has 3 aromatic rings. The molecule has 0 aliphatic rings. The van der Waals surface area contributed by atoms with E-state index in [0.29, 0.717) is 57.6 Å². The van der Waals surface area contributed by atoms with Crippen LogP contribution in [0.1, 0.15) is 24.0 Å². The van der Waals surface area contributed by atoms with E-state index in [1.165, 1.54) is 0 Å². The Morgan fingerprint density at radius 2 is 1.27 bits per heavy atom. The third-order valence-electron chi connectivity index (χ3n) is 5.47. The van der Waals surface area contributed by atoms with Crippen LogP contribution in [0.4, 0.5) is 11.5 Å². The lowest BCUT2D eigenvalue weighted by molar-refractivity contribution is 0.0999. The molecule has 1 heterocycles. The number of nitrogens with one attached hydrogen (secondary N) is 2. The van der Waals surface area contributed by atoms with Gasteiger partial charge in [0.15, 0.2) is 0 Å². The number of nitrogens with zero attached hydrogens (tertiary/aromatic N) is 2. The quantitative estimate of drug-likeness (QED) is 0.232. The minimum absolute atomic E-state index is 0.514. The zero-order chi connectivity index (χ0) is 26.0. The maximum Gasteiger partial charge on any atom is 0.144 e. The molecule has 0 bridgehead atoms. The van der Waals surface area contributed by atoms with Crippen LogP contribution >= 0.6 is 0 Å². The molecule has 0 spiro atoms. The molecule has 0 amide bonds. The molecule has 196 valence electrons. The average Bonchev–Trinajstić information content (AvgIpc) is 2.93. The second-order valence-corrected chi connectivity index (χ2v) is 8.24.